The number of aryl methyl sites for hydroxylation is 1. The van der Waals surface area contributed by atoms with Crippen molar-refractivity contribution in [2.24, 2.45) is 0 Å². The smallest absolute Gasteiger partial charge is 0.309 e. The Morgan fingerprint density at radius 2 is 2.24 bits per heavy atom. The fraction of sp³-hybridized carbons (Fsp3) is 0.526. The molecule has 1 aliphatic heterocycles. The van der Waals surface area contributed by atoms with E-state index >= 15 is 0 Å². The lowest BCUT2D eigenvalue weighted by Crippen LogP contribution is -2.38. The average molecular weight is 412 g/mol. The van der Waals surface area contributed by atoms with E-state index in [1.54, 1.807) is 6.92 Å². The second-order valence-corrected chi connectivity index (χ2v) is 7.34. The van der Waals surface area contributed by atoms with Crippen LogP contribution in [0.4, 0.5) is 4.39 Å². The van der Waals surface area contributed by atoms with Gasteiger partial charge in [0.05, 0.1) is 35.3 Å². The topological polar surface area (TPSA) is 51.3 Å². The number of nitrogens with one attached hydrogen (secondary N) is 1. The summed E-state index contributed by atoms with van der Waals surface area (Å²) < 4.78 is 26.0. The molecular formula is C19H23BrFNO3. The SMILES string of the molecule is CCCC1(CC(=O)OCC)OCCc2c1[nH]c1c(C)cc(F)c(Br)c21. The largest absolute Gasteiger partial charge is 0.466 e. The Bertz CT molecular complexity index is 817. The standard InChI is InChI=1S/C19H23BrFNO3/c1-4-7-19(10-14(23)24-5-2)18-12(6-8-25-19)15-16(20)13(21)9-11(3)17(15)22-18/h9,22H,4-8,10H2,1-3H3. The normalized spacial score (nSPS) is 19.9. The van der Waals surface area contributed by atoms with E-state index in [9.17, 15) is 9.18 Å². The number of esters is 1. The van der Waals surface area contributed by atoms with E-state index in [1.807, 2.05) is 6.92 Å². The molecule has 0 fully saturated rings. The van der Waals surface area contributed by atoms with E-state index in [-0.39, 0.29) is 18.2 Å². The minimum absolute atomic E-state index is 0.160. The average Bonchev–Trinajstić information content (AvgIpc) is 2.95. The summed E-state index contributed by atoms with van der Waals surface area (Å²) >= 11 is 3.40. The third kappa shape index (κ3) is 3.10. The number of ether oxygens (including phenoxy) is 2. The first-order valence-electron chi connectivity index (χ1n) is 8.72. The van der Waals surface area contributed by atoms with Gasteiger partial charge in [0.15, 0.2) is 0 Å². The first kappa shape index (κ1) is 18.4. The van der Waals surface area contributed by atoms with Gasteiger partial charge in [-0.25, -0.2) is 4.39 Å². The number of H-pyrrole nitrogens is 1. The zero-order valence-corrected chi connectivity index (χ0v) is 16.4. The number of hydrogen-bond donors (Lipinski definition) is 1. The molecule has 1 aliphatic rings. The number of rotatable bonds is 5. The Morgan fingerprint density at radius 3 is 2.92 bits per heavy atom. The number of aromatic nitrogens is 1. The molecule has 6 heteroatoms. The van der Waals surface area contributed by atoms with Gasteiger partial charge in [-0.05, 0) is 59.8 Å². The summed E-state index contributed by atoms with van der Waals surface area (Å²) in [6.07, 6.45) is 2.41. The highest BCUT2D eigenvalue weighted by molar-refractivity contribution is 9.10. The van der Waals surface area contributed by atoms with Crippen LogP contribution in [-0.4, -0.2) is 24.2 Å². The van der Waals surface area contributed by atoms with E-state index < -0.39 is 5.60 Å². The Morgan fingerprint density at radius 1 is 1.48 bits per heavy atom. The van der Waals surface area contributed by atoms with Gasteiger partial charge in [-0.3, -0.25) is 4.79 Å². The van der Waals surface area contributed by atoms with Gasteiger partial charge in [0, 0.05) is 5.39 Å². The third-order valence-electron chi connectivity index (χ3n) is 4.85. The first-order chi connectivity index (χ1) is 11.9. The van der Waals surface area contributed by atoms with Crippen LogP contribution < -0.4 is 0 Å². The molecule has 0 radical (unpaired) electrons. The molecule has 2 aromatic rings. The first-order valence-corrected chi connectivity index (χ1v) is 9.52. The number of benzene rings is 1. The van der Waals surface area contributed by atoms with E-state index in [2.05, 4.69) is 27.8 Å². The zero-order chi connectivity index (χ0) is 18.2. The van der Waals surface area contributed by atoms with Crippen molar-refractivity contribution < 1.29 is 18.7 Å². The quantitative estimate of drug-likeness (QED) is 0.711. The van der Waals surface area contributed by atoms with Crippen LogP contribution in [0.2, 0.25) is 0 Å². The third-order valence-corrected chi connectivity index (χ3v) is 5.62. The Hall–Kier alpha value is -1.40. The number of hydrogen-bond acceptors (Lipinski definition) is 3. The molecule has 136 valence electrons. The van der Waals surface area contributed by atoms with Gasteiger partial charge in [0.25, 0.3) is 0 Å². The maximum Gasteiger partial charge on any atom is 0.309 e. The molecule has 3 rings (SSSR count). The summed E-state index contributed by atoms with van der Waals surface area (Å²) in [7, 11) is 0. The molecule has 0 spiro atoms. The summed E-state index contributed by atoms with van der Waals surface area (Å²) in [6.45, 7) is 6.59. The predicted octanol–water partition coefficient (Wildman–Crippen LogP) is 4.90. The van der Waals surface area contributed by atoms with Crippen molar-refractivity contribution in [3.8, 4) is 0 Å². The lowest BCUT2D eigenvalue weighted by Gasteiger charge is -2.36. The molecule has 0 amide bonds. The van der Waals surface area contributed by atoms with Gasteiger partial charge >= 0.3 is 5.97 Å². The second-order valence-electron chi connectivity index (χ2n) is 6.54. The van der Waals surface area contributed by atoms with E-state index in [0.29, 0.717) is 30.5 Å². The number of carbonyl (C=O) groups excluding carboxylic acids is 1. The van der Waals surface area contributed by atoms with Crippen LogP contribution in [0.15, 0.2) is 10.5 Å². The number of carbonyl (C=O) groups is 1. The molecule has 4 nitrogen and oxygen atoms in total. The summed E-state index contributed by atoms with van der Waals surface area (Å²) in [6, 6.07) is 1.52. The zero-order valence-electron chi connectivity index (χ0n) is 14.8. The van der Waals surface area contributed by atoms with E-state index in [4.69, 9.17) is 9.47 Å². The van der Waals surface area contributed by atoms with Crippen LogP contribution in [0.25, 0.3) is 10.9 Å². The van der Waals surface area contributed by atoms with Gasteiger partial charge in [-0.15, -0.1) is 0 Å². The maximum absolute atomic E-state index is 14.2. The molecule has 2 heterocycles. The number of halogens is 2. The van der Waals surface area contributed by atoms with Crippen molar-refractivity contribution in [3.63, 3.8) is 0 Å². The minimum Gasteiger partial charge on any atom is -0.466 e. The maximum atomic E-state index is 14.2. The Balaban J connectivity index is 2.20. The van der Waals surface area contributed by atoms with Crippen molar-refractivity contribution in [2.75, 3.05) is 13.2 Å². The lowest BCUT2D eigenvalue weighted by atomic mass is 9.84. The van der Waals surface area contributed by atoms with Gasteiger partial charge in [0.2, 0.25) is 0 Å². The van der Waals surface area contributed by atoms with Gasteiger partial charge in [-0.1, -0.05) is 13.3 Å². The van der Waals surface area contributed by atoms with E-state index in [0.717, 1.165) is 34.1 Å². The molecule has 1 unspecified atom stereocenters. The van der Waals surface area contributed by atoms with Crippen LogP contribution >= 0.6 is 15.9 Å². The van der Waals surface area contributed by atoms with Crippen LogP contribution in [0, 0.1) is 12.7 Å². The molecule has 1 atom stereocenters. The fourth-order valence-corrected chi connectivity index (χ4v) is 4.41. The second kappa shape index (κ2) is 7.08. The number of aromatic amines is 1. The van der Waals surface area contributed by atoms with Crippen molar-refractivity contribution in [3.05, 3.63) is 33.2 Å². The summed E-state index contributed by atoms with van der Waals surface area (Å²) in [5.41, 5.74) is 2.92. The Labute approximate surface area is 155 Å². The fourth-order valence-electron chi connectivity index (χ4n) is 3.86. The summed E-state index contributed by atoms with van der Waals surface area (Å²) in [4.78, 5) is 15.7. The molecule has 0 bridgehead atoms. The summed E-state index contributed by atoms with van der Waals surface area (Å²) in [5.74, 6) is -0.547. The van der Waals surface area contributed by atoms with Crippen molar-refractivity contribution in [1.82, 2.24) is 4.98 Å². The van der Waals surface area contributed by atoms with Gasteiger partial charge in [0.1, 0.15) is 11.4 Å². The van der Waals surface area contributed by atoms with Gasteiger partial charge < -0.3 is 14.5 Å². The monoisotopic (exact) mass is 411 g/mol. The van der Waals surface area contributed by atoms with Crippen LogP contribution in [0.5, 0.6) is 0 Å². The van der Waals surface area contributed by atoms with Crippen molar-refractivity contribution in [2.45, 2.75) is 52.1 Å². The van der Waals surface area contributed by atoms with Crippen molar-refractivity contribution >= 4 is 32.8 Å². The molecule has 0 aliphatic carbocycles. The lowest BCUT2D eigenvalue weighted by molar-refractivity contribution is -0.155. The predicted molar refractivity (Wildman–Crippen MR) is 98.2 cm³/mol. The highest BCUT2D eigenvalue weighted by Crippen LogP contribution is 2.45. The highest BCUT2D eigenvalue weighted by atomic mass is 79.9. The van der Waals surface area contributed by atoms with Gasteiger partial charge in [-0.2, -0.15) is 0 Å². The molecular weight excluding hydrogens is 389 g/mol. The van der Waals surface area contributed by atoms with Crippen LogP contribution in [0.1, 0.15) is 49.9 Å². The molecule has 1 aromatic heterocycles. The van der Waals surface area contributed by atoms with Crippen LogP contribution in [-0.2, 0) is 26.3 Å². The summed E-state index contributed by atoms with van der Waals surface area (Å²) in [5, 5.41) is 0.861. The molecule has 1 N–H and O–H groups in total. The van der Waals surface area contributed by atoms with E-state index in [1.165, 1.54) is 6.07 Å². The molecule has 25 heavy (non-hydrogen) atoms. The van der Waals surface area contributed by atoms with Crippen LogP contribution in [0.3, 0.4) is 0 Å². The number of fused-ring (bicyclic) bond motifs is 3. The molecule has 1 aromatic carbocycles. The highest BCUT2D eigenvalue weighted by Gasteiger charge is 2.42. The van der Waals surface area contributed by atoms with Crippen molar-refractivity contribution in [1.29, 1.82) is 0 Å². The minimum atomic E-state index is -0.740. The molecule has 0 saturated heterocycles. The Kier molecular flexibility index (Phi) is 5.21. The molecule has 0 saturated carbocycles.